The molecule has 0 unspecified atom stereocenters. The average Bonchev–Trinajstić information content (AvgIpc) is 3.22. The largest absolute Gasteiger partial charge is 0.336 e. The van der Waals surface area contributed by atoms with Crippen molar-refractivity contribution in [2.24, 2.45) is 0 Å². The number of hydrogen-bond donors (Lipinski definition) is 2. The number of rotatable bonds is 6. The average molecular weight is 382 g/mol. The second-order valence-electron chi connectivity index (χ2n) is 7.49. The van der Waals surface area contributed by atoms with Crippen LogP contribution in [0.15, 0.2) is 41.8 Å². The standard InChI is InChI=1S/C22H27N3OS/c1-16-8-10-18(11-9-16)20(19-7-6-14-27-19)24-17(2)21(26)25-22(15-23)12-4-3-5-13-22/h6-11,14,17,20,24H,3-5,12-13H2,1-2H3,(H,25,26)/t17-,20-/m1/s1. The highest BCUT2D eigenvalue weighted by molar-refractivity contribution is 7.10. The summed E-state index contributed by atoms with van der Waals surface area (Å²) in [4.78, 5) is 14.0. The predicted octanol–water partition coefficient (Wildman–Crippen LogP) is 4.47. The summed E-state index contributed by atoms with van der Waals surface area (Å²) in [6.07, 6.45) is 4.62. The first-order valence-corrected chi connectivity index (χ1v) is 10.5. The van der Waals surface area contributed by atoms with Crippen LogP contribution in [-0.4, -0.2) is 17.5 Å². The third kappa shape index (κ3) is 4.77. The van der Waals surface area contributed by atoms with Crippen LogP contribution in [0, 0.1) is 18.3 Å². The number of nitrogens with zero attached hydrogens (tertiary/aromatic N) is 1. The minimum atomic E-state index is -0.701. The Hall–Kier alpha value is -2.16. The van der Waals surface area contributed by atoms with Crippen molar-refractivity contribution in [3.63, 3.8) is 0 Å². The molecule has 1 aliphatic carbocycles. The van der Waals surface area contributed by atoms with Gasteiger partial charge in [-0.25, -0.2) is 0 Å². The maximum Gasteiger partial charge on any atom is 0.238 e. The number of nitriles is 1. The summed E-state index contributed by atoms with van der Waals surface area (Å²) in [6.45, 7) is 3.94. The van der Waals surface area contributed by atoms with Gasteiger partial charge < -0.3 is 5.32 Å². The predicted molar refractivity (Wildman–Crippen MR) is 110 cm³/mol. The van der Waals surface area contributed by atoms with Crippen LogP contribution in [0.1, 0.15) is 61.1 Å². The molecule has 142 valence electrons. The highest BCUT2D eigenvalue weighted by atomic mass is 32.1. The number of nitrogens with one attached hydrogen (secondary N) is 2. The summed E-state index contributed by atoms with van der Waals surface area (Å²) in [5, 5.41) is 18.2. The molecule has 1 aliphatic rings. The Morgan fingerprint density at radius 3 is 2.48 bits per heavy atom. The lowest BCUT2D eigenvalue weighted by Gasteiger charge is -2.33. The number of carbonyl (C=O) groups is 1. The Morgan fingerprint density at radius 1 is 1.19 bits per heavy atom. The van der Waals surface area contributed by atoms with Gasteiger partial charge in [0.05, 0.1) is 18.2 Å². The van der Waals surface area contributed by atoms with E-state index in [9.17, 15) is 10.1 Å². The van der Waals surface area contributed by atoms with Crippen molar-refractivity contribution in [2.45, 2.75) is 63.6 Å². The molecule has 5 heteroatoms. The lowest BCUT2D eigenvalue weighted by atomic mass is 9.82. The molecule has 1 aromatic heterocycles. The molecule has 2 N–H and O–H groups in total. The van der Waals surface area contributed by atoms with Gasteiger partial charge in [0.25, 0.3) is 0 Å². The topological polar surface area (TPSA) is 64.9 Å². The molecule has 2 aromatic rings. The van der Waals surface area contributed by atoms with Gasteiger partial charge in [0.15, 0.2) is 0 Å². The van der Waals surface area contributed by atoms with E-state index in [0.29, 0.717) is 0 Å². The molecule has 4 nitrogen and oxygen atoms in total. The Kier molecular flexibility index (Phi) is 6.30. The molecule has 2 atom stereocenters. The molecule has 1 heterocycles. The van der Waals surface area contributed by atoms with Crippen LogP contribution in [0.3, 0.4) is 0 Å². The fraction of sp³-hybridized carbons (Fsp3) is 0.455. The molecule has 0 radical (unpaired) electrons. The lowest BCUT2D eigenvalue weighted by Crippen LogP contribution is -2.54. The maximum absolute atomic E-state index is 12.8. The summed E-state index contributed by atoms with van der Waals surface area (Å²) in [7, 11) is 0. The molecular formula is C22H27N3OS. The van der Waals surface area contributed by atoms with Gasteiger partial charge in [-0.2, -0.15) is 5.26 Å². The minimum absolute atomic E-state index is 0.0456. The Labute approximate surface area is 165 Å². The first-order valence-electron chi connectivity index (χ1n) is 9.62. The number of amides is 1. The van der Waals surface area contributed by atoms with Crippen molar-refractivity contribution in [1.82, 2.24) is 10.6 Å². The van der Waals surface area contributed by atoms with Crippen LogP contribution in [0.2, 0.25) is 0 Å². The van der Waals surface area contributed by atoms with Crippen LogP contribution in [0.25, 0.3) is 0 Å². The van der Waals surface area contributed by atoms with Crippen LogP contribution in [0.5, 0.6) is 0 Å². The highest BCUT2D eigenvalue weighted by Gasteiger charge is 2.35. The molecular weight excluding hydrogens is 354 g/mol. The smallest absolute Gasteiger partial charge is 0.238 e. The summed E-state index contributed by atoms with van der Waals surface area (Å²) in [5.74, 6) is -0.105. The van der Waals surface area contributed by atoms with Crippen molar-refractivity contribution >= 4 is 17.2 Å². The number of aryl methyl sites for hydroxylation is 1. The molecule has 1 saturated carbocycles. The summed E-state index contributed by atoms with van der Waals surface area (Å²) in [5.41, 5.74) is 1.64. The molecule has 1 aromatic carbocycles. The lowest BCUT2D eigenvalue weighted by molar-refractivity contribution is -0.124. The molecule has 0 saturated heterocycles. The van der Waals surface area contributed by atoms with Crippen LogP contribution in [-0.2, 0) is 4.79 Å². The third-order valence-electron chi connectivity index (χ3n) is 5.33. The molecule has 1 amide bonds. The quantitative estimate of drug-likeness (QED) is 0.776. The van der Waals surface area contributed by atoms with E-state index < -0.39 is 11.6 Å². The maximum atomic E-state index is 12.8. The second-order valence-corrected chi connectivity index (χ2v) is 8.47. The zero-order chi connectivity index (χ0) is 19.3. The van der Waals surface area contributed by atoms with Gasteiger partial charge in [0, 0.05) is 4.88 Å². The zero-order valence-electron chi connectivity index (χ0n) is 16.0. The van der Waals surface area contributed by atoms with E-state index in [1.807, 2.05) is 13.0 Å². The fourth-order valence-electron chi connectivity index (χ4n) is 3.65. The van der Waals surface area contributed by atoms with Gasteiger partial charge in [0.1, 0.15) is 5.54 Å². The van der Waals surface area contributed by atoms with Crippen LogP contribution in [0.4, 0.5) is 0 Å². The number of benzene rings is 1. The van der Waals surface area contributed by atoms with E-state index in [-0.39, 0.29) is 11.9 Å². The van der Waals surface area contributed by atoms with Gasteiger partial charge in [0.2, 0.25) is 5.91 Å². The van der Waals surface area contributed by atoms with E-state index in [2.05, 4.69) is 59.3 Å². The first-order chi connectivity index (χ1) is 13.0. The normalized spacial score (nSPS) is 18.3. The zero-order valence-corrected chi connectivity index (χ0v) is 16.8. The van der Waals surface area contributed by atoms with E-state index in [0.717, 1.165) is 37.7 Å². The van der Waals surface area contributed by atoms with Gasteiger partial charge >= 0.3 is 0 Å². The molecule has 0 aliphatic heterocycles. The molecule has 0 bridgehead atoms. The van der Waals surface area contributed by atoms with E-state index in [1.165, 1.54) is 10.4 Å². The Morgan fingerprint density at radius 2 is 1.89 bits per heavy atom. The van der Waals surface area contributed by atoms with Crippen molar-refractivity contribution in [2.75, 3.05) is 0 Å². The SMILES string of the molecule is Cc1ccc([C@@H](N[C@H](C)C(=O)NC2(C#N)CCCCC2)c2cccs2)cc1. The van der Waals surface area contributed by atoms with E-state index >= 15 is 0 Å². The molecule has 0 spiro atoms. The van der Waals surface area contributed by atoms with Gasteiger partial charge in [-0.1, -0.05) is 55.2 Å². The Balaban J connectivity index is 1.74. The molecule has 1 fully saturated rings. The monoisotopic (exact) mass is 381 g/mol. The van der Waals surface area contributed by atoms with Gasteiger partial charge in [-0.3, -0.25) is 10.1 Å². The molecule has 3 rings (SSSR count). The number of carbonyl (C=O) groups excluding carboxylic acids is 1. The van der Waals surface area contributed by atoms with Crippen LogP contribution < -0.4 is 10.6 Å². The van der Waals surface area contributed by atoms with Crippen molar-refractivity contribution in [3.05, 3.63) is 57.8 Å². The van der Waals surface area contributed by atoms with Crippen LogP contribution >= 0.6 is 11.3 Å². The number of thiophene rings is 1. The molecule has 27 heavy (non-hydrogen) atoms. The minimum Gasteiger partial charge on any atom is -0.336 e. The number of hydrogen-bond acceptors (Lipinski definition) is 4. The Bertz CT molecular complexity index is 786. The first kappa shape index (κ1) is 19.6. The fourth-order valence-corrected chi connectivity index (χ4v) is 4.46. The van der Waals surface area contributed by atoms with Gasteiger partial charge in [-0.15, -0.1) is 11.3 Å². The van der Waals surface area contributed by atoms with E-state index in [4.69, 9.17) is 0 Å². The second kappa shape index (κ2) is 8.69. The van der Waals surface area contributed by atoms with Crippen molar-refractivity contribution in [3.8, 4) is 6.07 Å². The summed E-state index contributed by atoms with van der Waals surface area (Å²) in [6, 6.07) is 14.4. The van der Waals surface area contributed by atoms with Crippen molar-refractivity contribution < 1.29 is 4.79 Å². The highest BCUT2D eigenvalue weighted by Crippen LogP contribution is 2.29. The van der Waals surface area contributed by atoms with E-state index in [1.54, 1.807) is 11.3 Å². The van der Waals surface area contributed by atoms with Crippen molar-refractivity contribution in [1.29, 1.82) is 5.26 Å². The summed E-state index contributed by atoms with van der Waals surface area (Å²) >= 11 is 1.68. The van der Waals surface area contributed by atoms with Gasteiger partial charge in [-0.05, 0) is 43.7 Å². The third-order valence-corrected chi connectivity index (χ3v) is 6.27. The summed E-state index contributed by atoms with van der Waals surface area (Å²) < 4.78 is 0.